The van der Waals surface area contributed by atoms with E-state index < -0.39 is 85.2 Å². The molecule has 0 saturated carbocycles. The van der Waals surface area contributed by atoms with Gasteiger partial charge in [-0.2, -0.15) is 0 Å². The first-order chi connectivity index (χ1) is 65.0. The van der Waals surface area contributed by atoms with E-state index in [0.29, 0.717) is 45.8 Å². The zero-order chi connectivity index (χ0) is 96.8. The second-order valence-corrected chi connectivity index (χ2v) is 48.3. The van der Waals surface area contributed by atoms with Crippen LogP contribution in [0.1, 0.15) is 77.9 Å². The van der Waals surface area contributed by atoms with Crippen LogP contribution in [0.3, 0.4) is 0 Å². The molecule has 0 fully saturated rings. The van der Waals surface area contributed by atoms with Gasteiger partial charge in [-0.25, -0.2) is 22.0 Å². The van der Waals surface area contributed by atoms with E-state index in [1.807, 2.05) is 244 Å². The van der Waals surface area contributed by atoms with Crippen LogP contribution < -0.4 is 53.0 Å². The van der Waals surface area contributed by atoms with Crippen molar-refractivity contribution in [2.75, 3.05) is 0 Å². The molecule has 0 aliphatic rings. The summed E-state index contributed by atoms with van der Waals surface area (Å²) in [5, 5.41) is 59.2. The van der Waals surface area contributed by atoms with Crippen LogP contribution in [0.15, 0.2) is 376 Å². The van der Waals surface area contributed by atoms with Gasteiger partial charge in [0.25, 0.3) is 0 Å². The average molecular weight is 2260 g/mol. The first-order valence-electron chi connectivity index (χ1n) is 40.7. The molecule has 0 spiro atoms. The normalized spacial score (nSPS) is 10.5. The molecule has 16 rings (SSSR count). The number of para-hydroxylation sites is 2. The molecule has 0 aromatic heterocycles. The van der Waals surface area contributed by atoms with Crippen molar-refractivity contribution >= 4 is 189 Å². The zero-order valence-electron chi connectivity index (χ0n) is 71.9. The number of rotatable bonds is 22. The molecule has 30 heteroatoms. The Labute approximate surface area is 875 Å². The average Bonchev–Trinajstić information content (AvgIpc) is 0.813. The minimum atomic E-state index is -0.556. The van der Waals surface area contributed by atoms with E-state index in [0.717, 1.165) is 107 Å². The molecule has 16 aromatic rings. The fourth-order valence-electron chi connectivity index (χ4n) is 13.2. The van der Waals surface area contributed by atoms with Crippen LogP contribution in [0.2, 0.25) is 0 Å². The number of benzene rings is 16. The predicted molar refractivity (Wildman–Crippen MR) is 554 cm³/mol. The summed E-state index contributed by atoms with van der Waals surface area (Å²) in [5.41, 5.74) is 14.9. The van der Waals surface area contributed by atoms with Crippen LogP contribution in [0.5, 0.6) is 28.7 Å². The number of halogens is 15. The fourth-order valence-corrected chi connectivity index (χ4v) is 19.0. The molecule has 5 atom stereocenters. The summed E-state index contributed by atoms with van der Waals surface area (Å²) in [7, 11) is 49.4. The predicted octanol–water partition coefficient (Wildman–Crippen LogP) is 27.8. The van der Waals surface area contributed by atoms with Crippen LogP contribution in [-0.2, 0) is 124 Å². The third kappa shape index (κ3) is 42.7. The Balaban J connectivity index is 0.000000221. The molecule has 686 valence electrons. The van der Waals surface area contributed by atoms with Crippen LogP contribution in [0.25, 0.3) is 0 Å². The van der Waals surface area contributed by atoms with Gasteiger partial charge in [0.1, 0.15) is 57.8 Å². The third-order valence-corrected chi connectivity index (χ3v) is 26.3. The van der Waals surface area contributed by atoms with Gasteiger partial charge in [0.2, 0.25) is 0 Å². The van der Waals surface area contributed by atoms with Crippen molar-refractivity contribution in [3.8, 4) is 28.7 Å². The van der Waals surface area contributed by atoms with Crippen molar-refractivity contribution in [3.63, 3.8) is 0 Å². The van der Waals surface area contributed by atoms with E-state index in [-0.39, 0.29) is 101 Å². The molecular formula is C104H90Cl10F5O5P5Ti5. The van der Waals surface area contributed by atoms with E-state index in [1.54, 1.807) is 60.7 Å². The van der Waals surface area contributed by atoms with Gasteiger partial charge >= 0.3 is 178 Å². The van der Waals surface area contributed by atoms with Gasteiger partial charge in [-0.15, -0.1) is 0 Å². The first kappa shape index (κ1) is 116. The van der Waals surface area contributed by atoms with Gasteiger partial charge in [0.05, 0.1) is 0 Å². The van der Waals surface area contributed by atoms with Crippen LogP contribution in [-0.4, -0.2) is 25.5 Å². The standard InChI is InChI=1S/C26H22FOP.2C20H18FOP.2C19H16FOP.10ClH.5Ti/c27-23-13-7-8-14-24(23)29-25-18-21(15-19-9-3-1-4-10-19)17-22(26(25)28)16-20-11-5-2-6-12-20;1-14-7-5-11-17(21)20(14)23-18-12-6-10-16(19(18)22)13-15-8-3-2-4-9-15;1-14-7-10-19(17(21)11-14)23-20-13-16(8-9-18(20)22)12-15-5-3-2-4-6-15;20-16-10-4-5-11-17(16)22-18-12-6-9-15(19(18)21)13-14-7-2-1-3-8-14;20-16-8-4-5-9-18(16)22-19-13-15(10-11-17(19)21)12-14-6-2-1-3-7-14;;;;;;;;;;;;;;;/h1-14,17-18,28-29H,15-16H2;2-12,22-23H,13H2,1H3;2-11,13,22-23H,12H2,1H3;1-12,21-22H,13H2;1-11,13,21-22H,12H2;10*1H;;;;;/q;;;;;;;;;;;;;;;5*+2/p-10. The number of aryl methyl sites for hydroxylation is 2. The summed E-state index contributed by atoms with van der Waals surface area (Å²) in [4.78, 5) is 0. The number of aromatic hydroxyl groups is 5. The Morgan fingerprint density at radius 1 is 0.209 bits per heavy atom. The van der Waals surface area contributed by atoms with Crippen molar-refractivity contribution in [3.05, 3.63) is 483 Å². The van der Waals surface area contributed by atoms with Gasteiger partial charge in [0, 0.05) is 72.3 Å². The number of phenolic OH excluding ortho intramolecular Hbond substituents is 5. The van der Waals surface area contributed by atoms with Crippen molar-refractivity contribution in [2.45, 2.75) is 52.4 Å². The molecule has 0 heterocycles. The molecule has 134 heavy (non-hydrogen) atoms. The molecule has 0 aliphatic carbocycles. The van der Waals surface area contributed by atoms with E-state index in [1.165, 1.54) is 47.0 Å². The maximum absolute atomic E-state index is 14.2. The molecule has 5 unspecified atom stereocenters. The van der Waals surface area contributed by atoms with Crippen molar-refractivity contribution in [1.29, 1.82) is 0 Å². The van der Waals surface area contributed by atoms with Crippen LogP contribution >= 0.6 is 136 Å². The fraction of sp³-hybridized carbons (Fsp3) is 0.0769. The summed E-state index contributed by atoms with van der Waals surface area (Å²) in [5.74, 6) is 0.147. The van der Waals surface area contributed by atoms with E-state index in [4.69, 9.17) is 93.0 Å². The molecular weight excluding hydrogens is 2170 g/mol. The molecule has 0 aliphatic heterocycles. The van der Waals surface area contributed by atoms with Crippen LogP contribution in [0.4, 0.5) is 22.0 Å². The SMILES string of the molecule is Cc1ccc(Pc2cc(Cc3ccccc3)ccc2O)c(F)c1.Cc1cccc(F)c1Pc1cccc(Cc2ccccc2)c1O.Oc1c(Cc2ccccc2)cc(Cc2ccccc2)cc1Pc1ccccc1F.Oc1c(Cc2ccccc2)cccc1Pc1ccccc1F.Oc1ccc(Cc2ccccc2)cc1Pc1ccccc1F.[Cl][Ti][Cl].[Cl][Ti][Cl].[Cl][Ti][Cl].[Cl][Ti][Cl].[Cl][Ti][Cl]. The second kappa shape index (κ2) is 67.2. The molecule has 0 bridgehead atoms. The molecule has 0 radical (unpaired) electrons. The summed E-state index contributed by atoms with van der Waals surface area (Å²) < 4.78 is 69.9. The van der Waals surface area contributed by atoms with Gasteiger partial charge in [-0.1, -0.05) is 358 Å². The van der Waals surface area contributed by atoms with Gasteiger partial charge in [0.15, 0.2) is 0 Å². The topological polar surface area (TPSA) is 101 Å². The Kier molecular flexibility index (Phi) is 58.1. The summed E-state index contributed by atoms with van der Waals surface area (Å²) in [6.45, 7) is 3.77. The van der Waals surface area contributed by atoms with E-state index in [2.05, 4.69) is 54.6 Å². The van der Waals surface area contributed by atoms with Gasteiger partial charge in [-0.05, 0) is 172 Å². The number of hydrogen-bond donors (Lipinski definition) is 5. The third-order valence-electron chi connectivity index (χ3n) is 19.4. The molecule has 5 N–H and O–H groups in total. The zero-order valence-corrected chi connectivity index (χ0v) is 92.3. The molecule has 5 nitrogen and oxygen atoms in total. The Morgan fingerprint density at radius 3 is 0.828 bits per heavy atom. The second-order valence-electron chi connectivity index (χ2n) is 28.8. The van der Waals surface area contributed by atoms with E-state index >= 15 is 0 Å². The monoisotopic (exact) mass is 2260 g/mol. The van der Waals surface area contributed by atoms with Gasteiger partial charge < -0.3 is 25.5 Å². The number of phenols is 5. The van der Waals surface area contributed by atoms with Crippen molar-refractivity contribution in [1.82, 2.24) is 0 Å². The Bertz CT molecular complexity index is 6060. The summed E-state index contributed by atoms with van der Waals surface area (Å²) in [6.07, 6.45) is 4.36. The molecule has 0 amide bonds. The Hall–Kier alpha value is -5.21. The van der Waals surface area contributed by atoms with Gasteiger partial charge in [-0.3, -0.25) is 0 Å². The Morgan fingerprint density at radius 2 is 0.478 bits per heavy atom. The quantitative estimate of drug-likeness (QED) is 0.0264. The van der Waals surface area contributed by atoms with Crippen molar-refractivity contribution < 1.29 is 133 Å². The minimum absolute atomic E-state index is 0.0636. The number of hydrogen-bond acceptors (Lipinski definition) is 5. The van der Waals surface area contributed by atoms with E-state index in [9.17, 15) is 47.5 Å². The summed E-state index contributed by atoms with van der Waals surface area (Å²) in [6, 6.07) is 118. The molecule has 16 aromatic carbocycles. The molecule has 0 saturated heterocycles. The summed E-state index contributed by atoms with van der Waals surface area (Å²) >= 11 is -2.78. The van der Waals surface area contributed by atoms with Crippen LogP contribution in [0, 0.1) is 42.9 Å². The maximum atomic E-state index is 14.2. The first-order valence-corrected chi connectivity index (χ1v) is 67.2. The van der Waals surface area contributed by atoms with Crippen molar-refractivity contribution in [2.24, 2.45) is 0 Å².